The number of hydrogen-bond acceptors (Lipinski definition) is 5. The van der Waals surface area contributed by atoms with Crippen molar-refractivity contribution < 1.29 is 4.39 Å². The van der Waals surface area contributed by atoms with Crippen molar-refractivity contribution in [2.45, 2.75) is 6.67 Å². The van der Waals surface area contributed by atoms with Crippen LogP contribution in [0.3, 0.4) is 0 Å². The number of aromatic nitrogens is 4. The number of rotatable bonds is 3. The standard InChI is InChI=1S/C15H12FN5/c16-9-10-4-6-11(7-5-10)14-18-20-15(21-19-14)12-2-1-3-13(17)8-12/h1-8H,9,17H2. The normalized spacial score (nSPS) is 10.5. The van der Waals surface area contributed by atoms with E-state index in [2.05, 4.69) is 20.4 Å². The van der Waals surface area contributed by atoms with E-state index in [0.717, 1.165) is 11.1 Å². The fourth-order valence-electron chi connectivity index (χ4n) is 1.88. The molecule has 21 heavy (non-hydrogen) atoms. The molecule has 6 heteroatoms. The average molecular weight is 281 g/mol. The van der Waals surface area contributed by atoms with Gasteiger partial charge in [-0.3, -0.25) is 0 Å². The molecule has 0 saturated carbocycles. The van der Waals surface area contributed by atoms with E-state index >= 15 is 0 Å². The molecule has 0 aliphatic carbocycles. The molecule has 0 spiro atoms. The lowest BCUT2D eigenvalue weighted by atomic mass is 10.1. The van der Waals surface area contributed by atoms with Gasteiger partial charge in [0, 0.05) is 16.8 Å². The van der Waals surface area contributed by atoms with Crippen LogP contribution in [0.5, 0.6) is 0 Å². The largest absolute Gasteiger partial charge is 0.399 e. The molecule has 3 aromatic rings. The van der Waals surface area contributed by atoms with Gasteiger partial charge in [-0.1, -0.05) is 36.4 Å². The Bertz CT molecular complexity index is 741. The predicted molar refractivity (Wildman–Crippen MR) is 77.7 cm³/mol. The van der Waals surface area contributed by atoms with Crippen LogP contribution in [0, 0.1) is 0 Å². The van der Waals surface area contributed by atoms with Gasteiger partial charge in [-0.15, -0.1) is 20.4 Å². The van der Waals surface area contributed by atoms with Crippen molar-refractivity contribution in [1.82, 2.24) is 20.4 Å². The van der Waals surface area contributed by atoms with Gasteiger partial charge in [0.25, 0.3) is 0 Å². The molecule has 2 N–H and O–H groups in total. The lowest BCUT2D eigenvalue weighted by Gasteiger charge is -2.02. The fraction of sp³-hybridized carbons (Fsp3) is 0.0667. The van der Waals surface area contributed by atoms with Crippen LogP contribution in [-0.4, -0.2) is 20.4 Å². The summed E-state index contributed by atoms with van der Waals surface area (Å²) < 4.78 is 12.5. The van der Waals surface area contributed by atoms with Crippen LogP contribution in [0.25, 0.3) is 22.8 Å². The van der Waals surface area contributed by atoms with E-state index in [-0.39, 0.29) is 0 Å². The van der Waals surface area contributed by atoms with Gasteiger partial charge in [0.05, 0.1) is 0 Å². The second-order valence-electron chi connectivity index (χ2n) is 4.50. The van der Waals surface area contributed by atoms with E-state index in [1.54, 1.807) is 36.4 Å². The van der Waals surface area contributed by atoms with Crippen LogP contribution < -0.4 is 5.73 Å². The first-order chi connectivity index (χ1) is 10.3. The summed E-state index contributed by atoms with van der Waals surface area (Å²) in [6.07, 6.45) is 0. The van der Waals surface area contributed by atoms with Crippen molar-refractivity contribution >= 4 is 5.69 Å². The zero-order valence-corrected chi connectivity index (χ0v) is 11.1. The third-order valence-electron chi connectivity index (χ3n) is 2.99. The van der Waals surface area contributed by atoms with Crippen LogP contribution in [-0.2, 0) is 6.67 Å². The Morgan fingerprint density at radius 1 is 0.810 bits per heavy atom. The van der Waals surface area contributed by atoms with Crippen molar-refractivity contribution in [3.63, 3.8) is 0 Å². The smallest absolute Gasteiger partial charge is 0.203 e. The number of hydrogen-bond donors (Lipinski definition) is 1. The predicted octanol–water partition coefficient (Wildman–Crippen LogP) is 2.65. The van der Waals surface area contributed by atoms with Crippen LogP contribution >= 0.6 is 0 Å². The van der Waals surface area contributed by atoms with Crippen molar-refractivity contribution in [3.8, 4) is 22.8 Å². The summed E-state index contributed by atoms with van der Waals surface area (Å²) >= 11 is 0. The highest BCUT2D eigenvalue weighted by atomic mass is 19.1. The van der Waals surface area contributed by atoms with E-state index in [1.807, 2.05) is 12.1 Å². The first-order valence-electron chi connectivity index (χ1n) is 6.35. The molecular formula is C15H12FN5. The minimum absolute atomic E-state index is 0.396. The number of halogens is 1. The maximum absolute atomic E-state index is 12.5. The van der Waals surface area contributed by atoms with Gasteiger partial charge in [0.2, 0.25) is 11.6 Å². The summed E-state index contributed by atoms with van der Waals surface area (Å²) in [5.41, 5.74) is 8.45. The topological polar surface area (TPSA) is 77.6 Å². The van der Waals surface area contributed by atoms with Gasteiger partial charge in [-0.2, -0.15) is 0 Å². The molecule has 104 valence electrons. The monoisotopic (exact) mass is 281 g/mol. The third-order valence-corrected chi connectivity index (χ3v) is 2.99. The Morgan fingerprint density at radius 3 is 2.00 bits per heavy atom. The number of benzene rings is 2. The highest BCUT2D eigenvalue weighted by Gasteiger charge is 2.06. The minimum Gasteiger partial charge on any atom is -0.399 e. The highest BCUT2D eigenvalue weighted by molar-refractivity contribution is 5.61. The molecule has 2 aromatic carbocycles. The lowest BCUT2D eigenvalue weighted by molar-refractivity contribution is 0.485. The van der Waals surface area contributed by atoms with Crippen LogP contribution in [0.1, 0.15) is 5.56 Å². The quantitative estimate of drug-likeness (QED) is 0.747. The zero-order chi connectivity index (χ0) is 14.7. The van der Waals surface area contributed by atoms with Crippen LogP contribution in [0.4, 0.5) is 10.1 Å². The van der Waals surface area contributed by atoms with Gasteiger partial charge in [-0.05, 0) is 17.7 Å². The number of anilines is 1. The molecule has 1 heterocycles. The molecule has 0 saturated heterocycles. The highest BCUT2D eigenvalue weighted by Crippen LogP contribution is 2.18. The van der Waals surface area contributed by atoms with Gasteiger partial charge in [-0.25, -0.2) is 4.39 Å². The first kappa shape index (κ1) is 13.1. The molecule has 0 fully saturated rings. The first-order valence-corrected chi connectivity index (χ1v) is 6.35. The molecule has 0 aliphatic rings. The van der Waals surface area contributed by atoms with E-state index in [0.29, 0.717) is 22.9 Å². The summed E-state index contributed by atoms with van der Waals surface area (Å²) in [6.45, 7) is -0.494. The molecule has 5 nitrogen and oxygen atoms in total. The number of nitrogens with two attached hydrogens (primary N) is 1. The summed E-state index contributed by atoms with van der Waals surface area (Å²) in [4.78, 5) is 0. The van der Waals surface area contributed by atoms with Gasteiger partial charge in [0.15, 0.2) is 0 Å². The second kappa shape index (κ2) is 5.62. The van der Waals surface area contributed by atoms with Gasteiger partial charge in [0.1, 0.15) is 6.67 Å². The van der Waals surface area contributed by atoms with Crippen molar-refractivity contribution in [3.05, 3.63) is 54.1 Å². The average Bonchev–Trinajstić information content (AvgIpc) is 2.55. The van der Waals surface area contributed by atoms with Gasteiger partial charge >= 0.3 is 0 Å². The molecule has 0 amide bonds. The molecule has 0 radical (unpaired) electrons. The Morgan fingerprint density at radius 2 is 1.43 bits per heavy atom. The van der Waals surface area contributed by atoms with E-state index < -0.39 is 6.67 Å². The maximum Gasteiger partial charge on any atom is 0.203 e. The Labute approximate surface area is 120 Å². The summed E-state index contributed by atoms with van der Waals surface area (Å²) in [5.74, 6) is 0.805. The number of nitrogens with zero attached hydrogens (tertiary/aromatic N) is 4. The summed E-state index contributed by atoms with van der Waals surface area (Å²) in [5, 5.41) is 16.2. The number of nitrogen functional groups attached to an aromatic ring is 1. The maximum atomic E-state index is 12.5. The second-order valence-corrected chi connectivity index (χ2v) is 4.50. The SMILES string of the molecule is Nc1cccc(-c2nnc(-c3ccc(CF)cc3)nn2)c1. The van der Waals surface area contributed by atoms with Crippen LogP contribution in [0.15, 0.2) is 48.5 Å². The Kier molecular flexibility index (Phi) is 3.51. The molecule has 0 aliphatic heterocycles. The van der Waals surface area contributed by atoms with E-state index in [9.17, 15) is 4.39 Å². The minimum atomic E-state index is -0.494. The summed E-state index contributed by atoms with van der Waals surface area (Å²) in [7, 11) is 0. The number of alkyl halides is 1. The van der Waals surface area contributed by atoms with Gasteiger partial charge < -0.3 is 5.73 Å². The Balaban J connectivity index is 1.89. The van der Waals surface area contributed by atoms with Crippen molar-refractivity contribution in [2.24, 2.45) is 0 Å². The third kappa shape index (κ3) is 2.84. The zero-order valence-electron chi connectivity index (χ0n) is 11.1. The molecule has 0 atom stereocenters. The van der Waals surface area contributed by atoms with E-state index in [4.69, 9.17) is 5.73 Å². The molecule has 0 unspecified atom stereocenters. The fourth-order valence-corrected chi connectivity index (χ4v) is 1.88. The molecule has 1 aromatic heterocycles. The molecule has 0 bridgehead atoms. The lowest BCUT2D eigenvalue weighted by Crippen LogP contribution is -1.99. The Hall–Kier alpha value is -2.89. The van der Waals surface area contributed by atoms with Crippen LogP contribution in [0.2, 0.25) is 0 Å². The summed E-state index contributed by atoms with van der Waals surface area (Å²) in [6, 6.07) is 14.1. The molecular weight excluding hydrogens is 269 g/mol. The molecule has 3 rings (SSSR count). The van der Waals surface area contributed by atoms with Crippen molar-refractivity contribution in [1.29, 1.82) is 0 Å². The van der Waals surface area contributed by atoms with E-state index in [1.165, 1.54) is 0 Å². The van der Waals surface area contributed by atoms with Crippen molar-refractivity contribution in [2.75, 3.05) is 5.73 Å².